The zero-order valence-electron chi connectivity index (χ0n) is 17.2. The number of benzene rings is 2. The highest BCUT2D eigenvalue weighted by Crippen LogP contribution is 2.24. The Kier molecular flexibility index (Phi) is 6.04. The molecule has 0 radical (unpaired) electrons. The molecule has 1 amide bonds. The first-order valence-corrected chi connectivity index (χ1v) is 11.2. The molecule has 1 aromatic heterocycles. The second-order valence-corrected chi connectivity index (χ2v) is 8.60. The minimum Gasteiger partial charge on any atom is -0.338 e. The molecule has 0 saturated heterocycles. The lowest BCUT2D eigenvalue weighted by molar-refractivity contribution is -0.127. The SMILES string of the molecule is CC(C)n1c(SCC(=O)N2CC=C(c3ccccc3)CC2)nc2ccccc2c1=O. The van der Waals surface area contributed by atoms with E-state index in [1.54, 1.807) is 10.6 Å². The van der Waals surface area contributed by atoms with Crippen LogP contribution in [0, 0.1) is 0 Å². The van der Waals surface area contributed by atoms with Crippen molar-refractivity contribution in [1.82, 2.24) is 14.5 Å². The van der Waals surface area contributed by atoms with Gasteiger partial charge < -0.3 is 4.90 Å². The van der Waals surface area contributed by atoms with Crippen molar-refractivity contribution in [3.8, 4) is 0 Å². The van der Waals surface area contributed by atoms with Gasteiger partial charge in [-0.3, -0.25) is 14.2 Å². The van der Waals surface area contributed by atoms with Crippen LogP contribution < -0.4 is 5.56 Å². The van der Waals surface area contributed by atoms with E-state index in [0.29, 0.717) is 29.1 Å². The summed E-state index contributed by atoms with van der Waals surface area (Å²) in [6, 6.07) is 17.6. The minimum atomic E-state index is -0.0565. The third-order valence-corrected chi connectivity index (χ3v) is 6.26. The van der Waals surface area contributed by atoms with E-state index in [-0.39, 0.29) is 23.3 Å². The van der Waals surface area contributed by atoms with E-state index in [1.807, 2.05) is 55.1 Å². The second-order valence-electron chi connectivity index (χ2n) is 7.65. The molecule has 0 atom stereocenters. The van der Waals surface area contributed by atoms with E-state index in [4.69, 9.17) is 0 Å². The molecule has 0 saturated carbocycles. The molecule has 154 valence electrons. The van der Waals surface area contributed by atoms with Crippen LogP contribution in [-0.4, -0.2) is 39.2 Å². The summed E-state index contributed by atoms with van der Waals surface area (Å²) < 4.78 is 1.68. The third-order valence-electron chi connectivity index (χ3n) is 5.32. The molecule has 2 aromatic carbocycles. The molecule has 0 unspecified atom stereocenters. The summed E-state index contributed by atoms with van der Waals surface area (Å²) in [5, 5.41) is 1.20. The first-order chi connectivity index (χ1) is 14.5. The van der Waals surface area contributed by atoms with Gasteiger partial charge in [0.25, 0.3) is 5.56 Å². The number of carbonyl (C=O) groups is 1. The smallest absolute Gasteiger partial charge is 0.262 e. The Bertz CT molecular complexity index is 1150. The van der Waals surface area contributed by atoms with Crippen molar-refractivity contribution in [2.45, 2.75) is 31.5 Å². The van der Waals surface area contributed by atoms with Crippen molar-refractivity contribution in [2.75, 3.05) is 18.8 Å². The van der Waals surface area contributed by atoms with Gasteiger partial charge >= 0.3 is 0 Å². The van der Waals surface area contributed by atoms with Crippen LogP contribution in [0.25, 0.3) is 16.5 Å². The molecule has 0 bridgehead atoms. The van der Waals surface area contributed by atoms with Crippen LogP contribution in [0.3, 0.4) is 0 Å². The van der Waals surface area contributed by atoms with Crippen molar-refractivity contribution in [2.24, 2.45) is 0 Å². The van der Waals surface area contributed by atoms with Crippen molar-refractivity contribution < 1.29 is 4.79 Å². The van der Waals surface area contributed by atoms with Crippen LogP contribution in [0.15, 0.2) is 70.6 Å². The summed E-state index contributed by atoms with van der Waals surface area (Å²) in [4.78, 5) is 32.3. The van der Waals surface area contributed by atoms with E-state index in [9.17, 15) is 9.59 Å². The molecule has 3 aromatic rings. The Balaban J connectivity index is 1.48. The van der Waals surface area contributed by atoms with E-state index < -0.39 is 0 Å². The largest absolute Gasteiger partial charge is 0.338 e. The summed E-state index contributed by atoms with van der Waals surface area (Å²) in [7, 11) is 0. The van der Waals surface area contributed by atoms with Gasteiger partial charge in [-0.15, -0.1) is 0 Å². The average Bonchev–Trinajstić information content (AvgIpc) is 2.78. The van der Waals surface area contributed by atoms with Gasteiger partial charge in [-0.1, -0.05) is 60.3 Å². The Morgan fingerprint density at radius 3 is 2.53 bits per heavy atom. The van der Waals surface area contributed by atoms with Crippen molar-refractivity contribution >= 4 is 34.1 Å². The molecule has 4 rings (SSSR count). The normalized spacial score (nSPS) is 14.2. The predicted octanol–water partition coefficient (Wildman–Crippen LogP) is 4.39. The molecule has 5 nitrogen and oxygen atoms in total. The zero-order chi connectivity index (χ0) is 21.1. The quantitative estimate of drug-likeness (QED) is 0.455. The van der Waals surface area contributed by atoms with Gasteiger partial charge in [-0.25, -0.2) is 4.98 Å². The lowest BCUT2D eigenvalue weighted by atomic mass is 10.00. The summed E-state index contributed by atoms with van der Waals surface area (Å²) in [5.74, 6) is 0.340. The molecule has 6 heteroatoms. The van der Waals surface area contributed by atoms with Crippen molar-refractivity contribution in [3.63, 3.8) is 0 Å². The van der Waals surface area contributed by atoms with Crippen molar-refractivity contribution in [3.05, 3.63) is 76.6 Å². The summed E-state index contributed by atoms with van der Waals surface area (Å²) >= 11 is 1.34. The number of para-hydroxylation sites is 1. The summed E-state index contributed by atoms with van der Waals surface area (Å²) in [5.41, 5.74) is 3.12. The maximum absolute atomic E-state index is 12.9. The fraction of sp³-hybridized carbons (Fsp3) is 0.292. The Morgan fingerprint density at radius 2 is 1.83 bits per heavy atom. The maximum Gasteiger partial charge on any atom is 0.262 e. The topological polar surface area (TPSA) is 55.2 Å². The van der Waals surface area contributed by atoms with E-state index in [2.05, 4.69) is 23.2 Å². The molecule has 1 aliphatic rings. The first kappa shape index (κ1) is 20.4. The molecular weight excluding hydrogens is 394 g/mol. The van der Waals surface area contributed by atoms with Gasteiger partial charge in [0.2, 0.25) is 5.91 Å². The Hall–Kier alpha value is -2.86. The standard InChI is InChI=1S/C24H25N3O2S/c1-17(2)27-23(29)20-10-6-7-11-21(20)25-24(27)30-16-22(28)26-14-12-19(13-15-26)18-8-4-3-5-9-18/h3-12,17H,13-16H2,1-2H3. The molecule has 0 spiro atoms. The van der Waals surface area contributed by atoms with Gasteiger partial charge in [0.1, 0.15) is 0 Å². The molecule has 0 aliphatic carbocycles. The van der Waals surface area contributed by atoms with Gasteiger partial charge in [0.05, 0.1) is 16.7 Å². The minimum absolute atomic E-state index is 0.0291. The second kappa shape index (κ2) is 8.88. The lowest BCUT2D eigenvalue weighted by Crippen LogP contribution is -2.36. The highest BCUT2D eigenvalue weighted by atomic mass is 32.2. The molecule has 1 aliphatic heterocycles. The average molecular weight is 420 g/mol. The first-order valence-electron chi connectivity index (χ1n) is 10.2. The molecule has 0 N–H and O–H groups in total. The number of hydrogen-bond donors (Lipinski definition) is 0. The highest BCUT2D eigenvalue weighted by Gasteiger charge is 2.20. The third kappa shape index (κ3) is 4.19. The number of rotatable bonds is 5. The van der Waals surface area contributed by atoms with E-state index >= 15 is 0 Å². The number of carbonyl (C=O) groups excluding carboxylic acids is 1. The van der Waals surface area contributed by atoms with Gasteiger partial charge in [0.15, 0.2) is 5.16 Å². The number of amides is 1. The number of nitrogens with zero attached hydrogens (tertiary/aromatic N) is 3. The Labute approximate surface area is 180 Å². The number of hydrogen-bond acceptors (Lipinski definition) is 4. The fourth-order valence-electron chi connectivity index (χ4n) is 3.71. The molecule has 30 heavy (non-hydrogen) atoms. The van der Waals surface area contributed by atoms with Crippen LogP contribution in [0.2, 0.25) is 0 Å². The monoisotopic (exact) mass is 419 g/mol. The van der Waals surface area contributed by atoms with Crippen LogP contribution in [0.4, 0.5) is 0 Å². The maximum atomic E-state index is 12.9. The number of thioether (sulfide) groups is 1. The van der Waals surface area contributed by atoms with E-state index in [1.165, 1.54) is 22.9 Å². The number of aromatic nitrogens is 2. The van der Waals surface area contributed by atoms with Crippen LogP contribution in [0.1, 0.15) is 31.9 Å². The lowest BCUT2D eigenvalue weighted by Gasteiger charge is -2.27. The summed E-state index contributed by atoms with van der Waals surface area (Å²) in [6.45, 7) is 5.25. The highest BCUT2D eigenvalue weighted by molar-refractivity contribution is 7.99. The molecule has 0 fully saturated rings. The Morgan fingerprint density at radius 1 is 1.10 bits per heavy atom. The molecular formula is C24H25N3O2S. The summed E-state index contributed by atoms with van der Waals surface area (Å²) in [6.07, 6.45) is 2.99. The van der Waals surface area contributed by atoms with Crippen LogP contribution in [0.5, 0.6) is 0 Å². The predicted molar refractivity (Wildman–Crippen MR) is 123 cm³/mol. The fourth-order valence-corrected chi connectivity index (χ4v) is 4.74. The zero-order valence-corrected chi connectivity index (χ0v) is 18.1. The number of fused-ring (bicyclic) bond motifs is 1. The van der Waals surface area contributed by atoms with Crippen LogP contribution >= 0.6 is 11.8 Å². The van der Waals surface area contributed by atoms with Gasteiger partial charge in [-0.05, 0) is 43.5 Å². The van der Waals surface area contributed by atoms with Crippen LogP contribution in [-0.2, 0) is 4.79 Å². The van der Waals surface area contributed by atoms with E-state index in [0.717, 1.165) is 6.42 Å². The van der Waals surface area contributed by atoms with Crippen molar-refractivity contribution in [1.29, 1.82) is 0 Å². The van der Waals surface area contributed by atoms with Gasteiger partial charge in [-0.2, -0.15) is 0 Å². The molecule has 2 heterocycles. The van der Waals surface area contributed by atoms with Gasteiger partial charge in [0, 0.05) is 19.1 Å².